The molecule has 1 fully saturated rings. The maximum Gasteiger partial charge on any atom is 0.313 e. The van der Waals surface area contributed by atoms with Gasteiger partial charge in [-0.25, -0.2) is 4.39 Å². The molecule has 0 heterocycles. The zero-order valence-electron chi connectivity index (χ0n) is 11.8. The van der Waals surface area contributed by atoms with Crippen LogP contribution in [0, 0.1) is 21.8 Å². The largest absolute Gasteiger partial charge is 0.490 e. The lowest BCUT2D eigenvalue weighted by molar-refractivity contribution is -0.385. The molecule has 116 valence electrons. The molecule has 1 aliphatic carbocycles. The molecule has 21 heavy (non-hydrogen) atoms. The number of nitro groups is 1. The second kappa shape index (κ2) is 6.71. The first kappa shape index (κ1) is 15.5. The van der Waals surface area contributed by atoms with Gasteiger partial charge in [0, 0.05) is 12.6 Å². The molecule has 1 aromatic rings. The molecule has 6 nitrogen and oxygen atoms in total. The number of ether oxygens (including phenoxy) is 1. The molecule has 0 atom stereocenters. The Kier molecular flexibility index (Phi) is 4.95. The standard InChI is InChI=1S/C14H19FN2O4/c1-21-14-7-12(11(15)6-13(14)17(19)20)16-8-9-2-4-10(18)5-3-9/h6-7,9-10,16,18H,2-5,8H2,1H3. The van der Waals surface area contributed by atoms with E-state index in [1.807, 2.05) is 0 Å². The van der Waals surface area contributed by atoms with E-state index < -0.39 is 10.7 Å². The second-order valence-corrected chi connectivity index (χ2v) is 5.32. The monoisotopic (exact) mass is 298 g/mol. The number of nitro benzene ring substituents is 1. The van der Waals surface area contributed by atoms with Gasteiger partial charge in [0.1, 0.15) is 0 Å². The van der Waals surface area contributed by atoms with Gasteiger partial charge in [-0.1, -0.05) is 0 Å². The second-order valence-electron chi connectivity index (χ2n) is 5.32. The number of rotatable bonds is 5. The number of methoxy groups -OCH3 is 1. The molecule has 2 N–H and O–H groups in total. The summed E-state index contributed by atoms with van der Waals surface area (Å²) in [4.78, 5) is 10.1. The van der Waals surface area contributed by atoms with Gasteiger partial charge in [-0.2, -0.15) is 0 Å². The highest BCUT2D eigenvalue weighted by molar-refractivity contribution is 5.59. The van der Waals surface area contributed by atoms with Gasteiger partial charge in [0.2, 0.25) is 0 Å². The van der Waals surface area contributed by atoms with E-state index in [1.165, 1.54) is 13.2 Å². The lowest BCUT2D eigenvalue weighted by atomic mass is 9.87. The van der Waals surface area contributed by atoms with Crippen LogP contribution < -0.4 is 10.1 Å². The van der Waals surface area contributed by atoms with Crippen LogP contribution >= 0.6 is 0 Å². The van der Waals surface area contributed by atoms with Crippen LogP contribution in [-0.2, 0) is 0 Å². The summed E-state index contributed by atoms with van der Waals surface area (Å²) in [6, 6.07) is 2.18. The number of nitrogens with zero attached hydrogens (tertiary/aromatic N) is 1. The van der Waals surface area contributed by atoms with Gasteiger partial charge in [-0.3, -0.25) is 10.1 Å². The van der Waals surface area contributed by atoms with Crippen LogP contribution in [0.15, 0.2) is 12.1 Å². The molecular formula is C14H19FN2O4. The van der Waals surface area contributed by atoms with Crippen LogP contribution in [0.4, 0.5) is 15.8 Å². The van der Waals surface area contributed by atoms with Gasteiger partial charge in [0.05, 0.1) is 29.9 Å². The molecule has 0 saturated heterocycles. The van der Waals surface area contributed by atoms with Crippen molar-refractivity contribution in [3.05, 3.63) is 28.1 Å². The van der Waals surface area contributed by atoms with Crippen molar-refractivity contribution in [2.75, 3.05) is 19.0 Å². The Hall–Kier alpha value is -1.89. The van der Waals surface area contributed by atoms with Crippen molar-refractivity contribution in [3.63, 3.8) is 0 Å². The van der Waals surface area contributed by atoms with E-state index in [0.29, 0.717) is 12.5 Å². The van der Waals surface area contributed by atoms with E-state index in [-0.39, 0.29) is 23.2 Å². The van der Waals surface area contributed by atoms with Crippen molar-refractivity contribution in [1.82, 2.24) is 0 Å². The van der Waals surface area contributed by atoms with Gasteiger partial charge in [-0.05, 0) is 31.6 Å². The van der Waals surface area contributed by atoms with Gasteiger partial charge in [0.15, 0.2) is 11.6 Å². The summed E-state index contributed by atoms with van der Waals surface area (Å²) in [5.74, 6) is -0.268. The molecule has 7 heteroatoms. The van der Waals surface area contributed by atoms with Crippen LogP contribution in [0.2, 0.25) is 0 Å². The highest BCUT2D eigenvalue weighted by atomic mass is 19.1. The summed E-state index contributed by atoms with van der Waals surface area (Å²) in [6.07, 6.45) is 3.08. The van der Waals surface area contributed by atoms with Gasteiger partial charge >= 0.3 is 5.69 Å². The predicted octanol–water partition coefficient (Wildman–Crippen LogP) is 2.71. The van der Waals surface area contributed by atoms with Gasteiger partial charge < -0.3 is 15.2 Å². The highest BCUT2D eigenvalue weighted by Gasteiger charge is 2.22. The molecule has 1 aliphatic rings. The topological polar surface area (TPSA) is 84.6 Å². The van der Waals surface area contributed by atoms with Crippen molar-refractivity contribution < 1.29 is 19.2 Å². The van der Waals surface area contributed by atoms with Crippen molar-refractivity contribution >= 4 is 11.4 Å². The third-order valence-electron chi connectivity index (χ3n) is 3.86. The summed E-state index contributed by atoms with van der Waals surface area (Å²) in [7, 11) is 1.31. The fourth-order valence-electron chi connectivity index (χ4n) is 2.59. The third kappa shape index (κ3) is 3.81. The normalized spacial score (nSPS) is 21.9. The quantitative estimate of drug-likeness (QED) is 0.645. The Morgan fingerprint density at radius 3 is 2.67 bits per heavy atom. The minimum atomic E-state index is -0.672. The maximum atomic E-state index is 13.9. The zero-order chi connectivity index (χ0) is 15.4. The number of anilines is 1. The summed E-state index contributed by atoms with van der Waals surface area (Å²) >= 11 is 0. The van der Waals surface area contributed by atoms with Crippen LogP contribution in [0.25, 0.3) is 0 Å². The SMILES string of the molecule is COc1cc(NCC2CCC(O)CC2)c(F)cc1[N+](=O)[O-]. The number of benzene rings is 1. The Morgan fingerprint density at radius 2 is 2.10 bits per heavy atom. The summed E-state index contributed by atoms with van der Waals surface area (Å²) in [5.41, 5.74) is -0.190. The Labute approximate surface area is 122 Å². The fraction of sp³-hybridized carbons (Fsp3) is 0.571. The van der Waals surface area contributed by atoms with Crippen molar-refractivity contribution in [2.45, 2.75) is 31.8 Å². The first-order chi connectivity index (χ1) is 10.0. The molecule has 1 aromatic carbocycles. The van der Waals surface area contributed by atoms with Gasteiger partial charge in [0.25, 0.3) is 0 Å². The molecule has 0 unspecified atom stereocenters. The smallest absolute Gasteiger partial charge is 0.313 e. The van der Waals surface area contributed by atoms with E-state index >= 15 is 0 Å². The Balaban J connectivity index is 2.04. The fourth-order valence-corrected chi connectivity index (χ4v) is 2.59. The Bertz CT molecular complexity index is 516. The number of aliphatic hydroxyl groups excluding tert-OH is 1. The summed E-state index contributed by atoms with van der Waals surface area (Å²) < 4.78 is 18.8. The first-order valence-electron chi connectivity index (χ1n) is 6.95. The third-order valence-corrected chi connectivity index (χ3v) is 3.86. The van der Waals surface area contributed by atoms with E-state index in [4.69, 9.17) is 4.74 Å². The van der Waals surface area contributed by atoms with Crippen molar-refractivity contribution in [1.29, 1.82) is 0 Å². The number of halogens is 1. The van der Waals surface area contributed by atoms with Gasteiger partial charge in [-0.15, -0.1) is 0 Å². The minimum Gasteiger partial charge on any atom is -0.490 e. The first-order valence-corrected chi connectivity index (χ1v) is 6.95. The number of hydrogen-bond donors (Lipinski definition) is 2. The number of hydrogen-bond acceptors (Lipinski definition) is 5. The van der Waals surface area contributed by atoms with Crippen molar-refractivity contribution in [2.24, 2.45) is 5.92 Å². The lowest BCUT2D eigenvalue weighted by Crippen LogP contribution is -2.23. The average Bonchev–Trinajstić information content (AvgIpc) is 2.47. The van der Waals surface area contributed by atoms with E-state index in [1.54, 1.807) is 0 Å². The zero-order valence-corrected chi connectivity index (χ0v) is 11.8. The van der Waals surface area contributed by atoms with E-state index in [2.05, 4.69) is 5.32 Å². The molecule has 1 saturated carbocycles. The molecular weight excluding hydrogens is 279 g/mol. The molecule has 2 rings (SSSR count). The average molecular weight is 298 g/mol. The van der Waals surface area contributed by atoms with Crippen molar-refractivity contribution in [3.8, 4) is 5.75 Å². The van der Waals surface area contributed by atoms with Crippen LogP contribution in [0.1, 0.15) is 25.7 Å². The molecule has 0 amide bonds. The number of nitrogens with one attached hydrogen (secondary N) is 1. The maximum absolute atomic E-state index is 13.9. The number of aliphatic hydroxyl groups is 1. The Morgan fingerprint density at radius 1 is 1.43 bits per heavy atom. The molecule has 0 aromatic heterocycles. The van der Waals surface area contributed by atoms with Crippen LogP contribution in [-0.4, -0.2) is 29.8 Å². The van der Waals surface area contributed by atoms with Crippen LogP contribution in [0.3, 0.4) is 0 Å². The summed E-state index contributed by atoms with van der Waals surface area (Å²) in [6.45, 7) is 0.574. The molecule has 0 aliphatic heterocycles. The molecule has 0 spiro atoms. The highest BCUT2D eigenvalue weighted by Crippen LogP contribution is 2.33. The summed E-state index contributed by atoms with van der Waals surface area (Å²) in [5, 5.41) is 23.2. The predicted molar refractivity (Wildman–Crippen MR) is 76.1 cm³/mol. The molecule has 0 radical (unpaired) electrons. The van der Waals surface area contributed by atoms with E-state index in [9.17, 15) is 19.6 Å². The lowest BCUT2D eigenvalue weighted by Gasteiger charge is -2.25. The molecule has 0 bridgehead atoms. The van der Waals surface area contributed by atoms with E-state index in [0.717, 1.165) is 31.7 Å². The minimum absolute atomic E-state index is 0.0305. The van der Waals surface area contributed by atoms with Crippen LogP contribution in [0.5, 0.6) is 5.75 Å².